The smallest absolute Gasteiger partial charge is 0.304 e. The summed E-state index contributed by atoms with van der Waals surface area (Å²) >= 11 is 3.60. The van der Waals surface area contributed by atoms with Gasteiger partial charge < -0.3 is 19.9 Å². The molecule has 2 fully saturated rings. The second-order valence-corrected chi connectivity index (χ2v) is 15.1. The van der Waals surface area contributed by atoms with E-state index in [1.54, 1.807) is 22.5 Å². The number of nitrogens with zero attached hydrogens (tertiary/aromatic N) is 2. The number of nitriles is 1. The Bertz CT molecular complexity index is 1310. The molecule has 1 aliphatic carbocycles. The molecule has 199 valence electrons. The fourth-order valence-corrected chi connectivity index (χ4v) is 10.3. The molecule has 6 nitrogen and oxygen atoms in total. The largest absolute Gasteiger partial charge is 0.367 e. The average molecular weight is 564 g/mol. The molecule has 1 amide bonds. The van der Waals surface area contributed by atoms with Gasteiger partial charge in [0.1, 0.15) is 6.10 Å². The molecule has 2 saturated heterocycles. The summed E-state index contributed by atoms with van der Waals surface area (Å²) in [6, 6.07) is 12.3. The lowest BCUT2D eigenvalue weighted by molar-refractivity contribution is -0.131. The predicted octanol–water partition coefficient (Wildman–Crippen LogP) is 4.56. The van der Waals surface area contributed by atoms with Crippen molar-refractivity contribution in [2.24, 2.45) is 0 Å². The second kappa shape index (κ2) is 11.2. The molecule has 2 N–H and O–H groups in total. The molecular formula is C29H35N4O2S2Si. The van der Waals surface area contributed by atoms with Gasteiger partial charge in [0.25, 0.3) is 0 Å². The Kier molecular flexibility index (Phi) is 7.71. The number of thiophene rings is 2. The normalized spacial score (nSPS) is 21.8. The SMILES string of the molecule is CN1CCC2(CCc3ccc(-c4cc5sc(C[Si](C#N)NC(=O)[C@@H]6CNCCCCO6)cc5s4)cc32)CC1. The summed E-state index contributed by atoms with van der Waals surface area (Å²) in [6.45, 7) is 4.39. The van der Waals surface area contributed by atoms with Gasteiger partial charge in [0.2, 0.25) is 5.91 Å². The number of hydrogen-bond acceptors (Lipinski definition) is 7. The summed E-state index contributed by atoms with van der Waals surface area (Å²) in [6.07, 6.45) is 6.54. The lowest BCUT2D eigenvalue weighted by Gasteiger charge is -2.38. The maximum absolute atomic E-state index is 12.8. The zero-order chi connectivity index (χ0) is 26.1. The summed E-state index contributed by atoms with van der Waals surface area (Å²) in [4.78, 5) is 20.7. The standard InChI is InChI=1S/C29H35N4O2S2Si/c1-33-11-8-29(9-12-33)7-6-20-4-5-21(14-23(20)29)25-16-27-26(37-25)15-22(36-27)18-38(19-30)32-28(34)24-17-31-10-2-3-13-35-24/h4-5,14-16,24,31H,2-3,6-13,17-18H2,1H3,(H,32,34)/t24-/m0/s1. The Labute approximate surface area is 234 Å². The topological polar surface area (TPSA) is 77.4 Å². The zero-order valence-corrected chi connectivity index (χ0v) is 24.6. The number of carbonyl (C=O) groups excluding carboxylic acids is 1. The van der Waals surface area contributed by atoms with Crippen molar-refractivity contribution >= 4 is 46.9 Å². The lowest BCUT2D eigenvalue weighted by Crippen LogP contribution is -2.50. The maximum atomic E-state index is 12.8. The van der Waals surface area contributed by atoms with Crippen molar-refractivity contribution in [1.82, 2.24) is 15.2 Å². The van der Waals surface area contributed by atoms with Gasteiger partial charge in [-0.2, -0.15) is 0 Å². The number of fused-ring (bicyclic) bond motifs is 3. The van der Waals surface area contributed by atoms with E-state index in [0.29, 0.717) is 24.6 Å². The van der Waals surface area contributed by atoms with Crippen molar-refractivity contribution in [2.75, 3.05) is 39.8 Å². The first-order valence-corrected chi connectivity index (χ1v) is 17.1. The number of likely N-dealkylation sites (tertiary alicyclic amines) is 1. The molecule has 1 atom stereocenters. The maximum Gasteiger partial charge on any atom is 0.304 e. The van der Waals surface area contributed by atoms with Gasteiger partial charge in [0, 0.05) is 38.3 Å². The third-order valence-electron chi connectivity index (χ3n) is 8.49. The zero-order valence-electron chi connectivity index (χ0n) is 22.0. The quantitative estimate of drug-likeness (QED) is 0.445. The van der Waals surface area contributed by atoms with Crippen molar-refractivity contribution in [2.45, 2.75) is 56.1 Å². The Balaban J connectivity index is 1.14. The minimum Gasteiger partial charge on any atom is -0.367 e. The molecule has 6 rings (SSSR count). The lowest BCUT2D eigenvalue weighted by atomic mass is 9.73. The van der Waals surface area contributed by atoms with Gasteiger partial charge in [0.15, 0.2) is 0 Å². The van der Waals surface area contributed by atoms with Crippen LogP contribution in [0.25, 0.3) is 19.8 Å². The van der Waals surface area contributed by atoms with Crippen LogP contribution in [0.4, 0.5) is 0 Å². The number of aryl methyl sites for hydroxylation is 1. The van der Waals surface area contributed by atoms with Crippen LogP contribution in [-0.4, -0.2) is 65.7 Å². The van der Waals surface area contributed by atoms with E-state index in [0.717, 1.165) is 19.4 Å². The Morgan fingerprint density at radius 1 is 1.21 bits per heavy atom. The van der Waals surface area contributed by atoms with Crippen molar-refractivity contribution in [3.63, 3.8) is 0 Å². The Morgan fingerprint density at radius 2 is 2.05 bits per heavy atom. The molecule has 4 heterocycles. The van der Waals surface area contributed by atoms with Crippen LogP contribution >= 0.6 is 22.7 Å². The van der Waals surface area contributed by atoms with Crippen LogP contribution in [0.2, 0.25) is 0 Å². The molecule has 3 aromatic rings. The predicted molar refractivity (Wildman–Crippen MR) is 157 cm³/mol. The van der Waals surface area contributed by atoms with Gasteiger partial charge in [-0.05, 0) is 106 Å². The summed E-state index contributed by atoms with van der Waals surface area (Å²) in [5.41, 5.74) is 7.23. The highest BCUT2D eigenvalue weighted by molar-refractivity contribution is 7.29. The second-order valence-electron chi connectivity index (χ2n) is 11.0. The highest BCUT2D eigenvalue weighted by Crippen LogP contribution is 2.48. The molecule has 9 heteroatoms. The van der Waals surface area contributed by atoms with E-state index in [4.69, 9.17) is 4.74 Å². The molecule has 3 aliphatic rings. The summed E-state index contributed by atoms with van der Waals surface area (Å²) in [5, 5.41) is 13.0. The van der Waals surface area contributed by atoms with E-state index in [-0.39, 0.29) is 5.91 Å². The van der Waals surface area contributed by atoms with Crippen LogP contribution in [0.5, 0.6) is 0 Å². The minimum atomic E-state index is -1.71. The van der Waals surface area contributed by atoms with E-state index in [2.05, 4.69) is 58.3 Å². The van der Waals surface area contributed by atoms with Gasteiger partial charge in [-0.25, -0.2) is 5.26 Å². The molecule has 1 aromatic carbocycles. The fourth-order valence-electron chi connectivity index (χ4n) is 6.18. The van der Waals surface area contributed by atoms with Crippen LogP contribution in [0.3, 0.4) is 0 Å². The highest BCUT2D eigenvalue weighted by Gasteiger charge is 2.40. The van der Waals surface area contributed by atoms with Gasteiger partial charge >= 0.3 is 8.96 Å². The van der Waals surface area contributed by atoms with E-state index in [1.165, 1.54) is 63.5 Å². The summed E-state index contributed by atoms with van der Waals surface area (Å²) in [7, 11) is 0.534. The molecule has 1 radical (unpaired) electrons. The van der Waals surface area contributed by atoms with Crippen LogP contribution < -0.4 is 10.3 Å². The molecular weight excluding hydrogens is 529 g/mol. The molecule has 0 unspecified atom stereocenters. The number of amides is 1. The van der Waals surface area contributed by atoms with E-state index < -0.39 is 15.1 Å². The number of rotatable bonds is 5. The van der Waals surface area contributed by atoms with Crippen molar-refractivity contribution in [3.8, 4) is 16.1 Å². The third-order valence-corrected chi connectivity index (χ3v) is 12.6. The number of benzene rings is 1. The molecule has 38 heavy (non-hydrogen) atoms. The van der Waals surface area contributed by atoms with E-state index in [9.17, 15) is 10.1 Å². The van der Waals surface area contributed by atoms with E-state index >= 15 is 0 Å². The Hall–Kier alpha value is -2.06. The number of piperidine rings is 1. The average Bonchev–Trinajstić information content (AvgIpc) is 3.57. The van der Waals surface area contributed by atoms with Crippen LogP contribution in [-0.2, 0) is 27.4 Å². The van der Waals surface area contributed by atoms with Gasteiger partial charge in [0.05, 0.1) is 5.69 Å². The third kappa shape index (κ3) is 5.35. The van der Waals surface area contributed by atoms with Crippen molar-refractivity contribution in [1.29, 1.82) is 5.26 Å². The van der Waals surface area contributed by atoms with Crippen molar-refractivity contribution < 1.29 is 9.53 Å². The van der Waals surface area contributed by atoms with Crippen LogP contribution in [0, 0.1) is 11.0 Å². The van der Waals surface area contributed by atoms with Crippen LogP contribution in [0.1, 0.15) is 48.1 Å². The molecule has 1 spiro atoms. The molecule has 0 saturated carbocycles. The summed E-state index contributed by atoms with van der Waals surface area (Å²) in [5.74, 6) is -0.158. The number of ether oxygens (including phenoxy) is 1. The van der Waals surface area contributed by atoms with Crippen molar-refractivity contribution in [3.05, 3.63) is 46.3 Å². The highest BCUT2D eigenvalue weighted by atomic mass is 32.1. The first-order chi connectivity index (χ1) is 18.5. The summed E-state index contributed by atoms with van der Waals surface area (Å²) < 4.78 is 8.28. The minimum absolute atomic E-state index is 0.158. The molecule has 2 aliphatic heterocycles. The van der Waals surface area contributed by atoms with Gasteiger partial charge in [-0.3, -0.25) is 4.79 Å². The fraction of sp³-hybridized carbons (Fsp3) is 0.517. The monoisotopic (exact) mass is 563 g/mol. The number of carbonyl (C=O) groups is 1. The number of hydrogen-bond donors (Lipinski definition) is 2. The van der Waals surface area contributed by atoms with Gasteiger partial charge in [-0.1, -0.05) is 12.1 Å². The van der Waals surface area contributed by atoms with E-state index in [1.807, 2.05) is 11.3 Å². The van der Waals surface area contributed by atoms with Gasteiger partial charge in [-0.15, -0.1) is 22.7 Å². The first kappa shape index (κ1) is 26.2. The Morgan fingerprint density at radius 3 is 2.87 bits per heavy atom. The molecule has 2 aromatic heterocycles. The first-order valence-electron chi connectivity index (χ1n) is 13.8. The number of nitrogens with one attached hydrogen (secondary N) is 2. The van der Waals surface area contributed by atoms with Crippen LogP contribution in [0.15, 0.2) is 30.3 Å². The molecule has 0 bridgehead atoms.